The molecule has 0 radical (unpaired) electrons. The van der Waals surface area contributed by atoms with Crippen molar-refractivity contribution in [3.05, 3.63) is 70.6 Å². The Morgan fingerprint density at radius 3 is 2.73 bits per heavy atom. The van der Waals surface area contributed by atoms with E-state index in [1.165, 1.54) is 23.7 Å². The number of aryl methyl sites for hydroxylation is 1. The van der Waals surface area contributed by atoms with E-state index in [1.807, 2.05) is 11.4 Å². The number of thiophene rings is 1. The summed E-state index contributed by atoms with van der Waals surface area (Å²) in [5, 5.41) is 2.58. The molecule has 3 heterocycles. The van der Waals surface area contributed by atoms with Gasteiger partial charge < -0.3 is 9.30 Å². The molecule has 0 amide bonds. The van der Waals surface area contributed by atoms with Crippen LogP contribution in [-0.4, -0.2) is 26.9 Å². The molecule has 0 saturated carbocycles. The number of ketones is 1. The SMILES string of the molecule is Cc1cc(C(=O)COc2ncnc3sccc23)c(C)n1-c1cccc(C(F)(F)F)c1. The van der Waals surface area contributed by atoms with Crippen LogP contribution in [0.4, 0.5) is 13.2 Å². The Morgan fingerprint density at radius 2 is 1.97 bits per heavy atom. The summed E-state index contributed by atoms with van der Waals surface area (Å²) in [5.41, 5.74) is 1.18. The van der Waals surface area contributed by atoms with E-state index in [2.05, 4.69) is 9.97 Å². The largest absolute Gasteiger partial charge is 0.469 e. The molecule has 0 fully saturated rings. The second-order valence-electron chi connectivity index (χ2n) is 6.70. The highest BCUT2D eigenvalue weighted by molar-refractivity contribution is 7.16. The lowest BCUT2D eigenvalue weighted by atomic mass is 10.1. The van der Waals surface area contributed by atoms with E-state index in [-0.39, 0.29) is 12.4 Å². The number of nitrogens with zero attached hydrogens (tertiary/aromatic N) is 3. The Morgan fingerprint density at radius 1 is 1.17 bits per heavy atom. The Kier molecular flexibility index (Phi) is 5.07. The van der Waals surface area contributed by atoms with Crippen LogP contribution in [0.25, 0.3) is 15.9 Å². The van der Waals surface area contributed by atoms with Gasteiger partial charge in [0.1, 0.15) is 11.2 Å². The molecule has 0 unspecified atom stereocenters. The van der Waals surface area contributed by atoms with Gasteiger partial charge in [0.05, 0.1) is 10.9 Å². The van der Waals surface area contributed by atoms with Crippen molar-refractivity contribution in [2.24, 2.45) is 0 Å². The number of ether oxygens (including phenoxy) is 1. The number of alkyl halides is 3. The van der Waals surface area contributed by atoms with Crippen molar-refractivity contribution in [2.45, 2.75) is 20.0 Å². The summed E-state index contributed by atoms with van der Waals surface area (Å²) in [6, 6.07) is 8.49. The van der Waals surface area contributed by atoms with Crippen LogP contribution in [0.5, 0.6) is 5.88 Å². The van der Waals surface area contributed by atoms with Gasteiger partial charge in [-0.3, -0.25) is 4.79 Å². The van der Waals surface area contributed by atoms with Crippen molar-refractivity contribution in [1.29, 1.82) is 0 Å². The molecular weight excluding hydrogens is 415 g/mol. The molecule has 0 atom stereocenters. The van der Waals surface area contributed by atoms with E-state index < -0.39 is 11.7 Å². The summed E-state index contributed by atoms with van der Waals surface area (Å²) in [6.45, 7) is 3.20. The zero-order chi connectivity index (χ0) is 21.5. The van der Waals surface area contributed by atoms with Crippen LogP contribution in [-0.2, 0) is 6.18 Å². The van der Waals surface area contributed by atoms with E-state index in [4.69, 9.17) is 4.74 Å². The summed E-state index contributed by atoms with van der Waals surface area (Å²) in [7, 11) is 0. The molecule has 5 nitrogen and oxygen atoms in total. The van der Waals surface area contributed by atoms with E-state index in [0.29, 0.717) is 28.5 Å². The minimum absolute atomic E-state index is 0.241. The highest BCUT2D eigenvalue weighted by Crippen LogP contribution is 2.32. The third-order valence-corrected chi connectivity index (χ3v) is 5.55. The highest BCUT2D eigenvalue weighted by atomic mass is 32.1. The molecule has 1 aromatic carbocycles. The molecule has 154 valence electrons. The van der Waals surface area contributed by atoms with Crippen LogP contribution in [0.15, 0.2) is 48.1 Å². The maximum atomic E-state index is 13.1. The average molecular weight is 431 g/mol. The van der Waals surface area contributed by atoms with E-state index in [1.54, 1.807) is 30.5 Å². The standard InChI is InChI=1S/C21H16F3N3O2S/c1-12-8-17(13(2)27(12)15-5-3-4-14(9-15)21(22,23)24)18(28)10-29-19-16-6-7-30-20(16)26-11-25-19/h3-9,11H,10H2,1-2H3. The summed E-state index contributed by atoms with van der Waals surface area (Å²) in [5.74, 6) is 0.0320. The quantitative estimate of drug-likeness (QED) is 0.398. The first-order valence-electron chi connectivity index (χ1n) is 8.96. The summed E-state index contributed by atoms with van der Waals surface area (Å²) < 4.78 is 46.5. The topological polar surface area (TPSA) is 57.0 Å². The van der Waals surface area contributed by atoms with Crippen molar-refractivity contribution in [3.63, 3.8) is 0 Å². The van der Waals surface area contributed by atoms with Crippen molar-refractivity contribution < 1.29 is 22.7 Å². The van der Waals surface area contributed by atoms with E-state index >= 15 is 0 Å². The van der Waals surface area contributed by atoms with Gasteiger partial charge in [0.25, 0.3) is 0 Å². The molecule has 4 aromatic rings. The van der Waals surface area contributed by atoms with E-state index in [0.717, 1.165) is 22.3 Å². The zero-order valence-electron chi connectivity index (χ0n) is 16.0. The van der Waals surface area contributed by atoms with Crippen LogP contribution >= 0.6 is 11.3 Å². The van der Waals surface area contributed by atoms with Gasteiger partial charge in [0, 0.05) is 22.6 Å². The van der Waals surface area contributed by atoms with Crippen molar-refractivity contribution >= 4 is 27.3 Å². The van der Waals surface area contributed by atoms with Crippen LogP contribution in [0, 0.1) is 13.8 Å². The second-order valence-corrected chi connectivity index (χ2v) is 7.59. The maximum absolute atomic E-state index is 13.1. The third-order valence-electron chi connectivity index (χ3n) is 4.73. The van der Waals surface area contributed by atoms with Crippen molar-refractivity contribution in [3.8, 4) is 11.6 Å². The maximum Gasteiger partial charge on any atom is 0.416 e. The number of rotatable bonds is 5. The zero-order valence-corrected chi connectivity index (χ0v) is 16.8. The van der Waals surface area contributed by atoms with Crippen LogP contribution in [0.1, 0.15) is 27.3 Å². The number of halogens is 3. The number of aromatic nitrogens is 3. The molecule has 0 aliphatic heterocycles. The smallest absolute Gasteiger partial charge is 0.416 e. The Hall–Kier alpha value is -3.20. The van der Waals surface area contributed by atoms with Crippen LogP contribution < -0.4 is 4.74 Å². The minimum atomic E-state index is -4.44. The highest BCUT2D eigenvalue weighted by Gasteiger charge is 2.31. The van der Waals surface area contributed by atoms with Gasteiger partial charge in [-0.25, -0.2) is 9.97 Å². The van der Waals surface area contributed by atoms with Crippen LogP contribution in [0.2, 0.25) is 0 Å². The summed E-state index contributed by atoms with van der Waals surface area (Å²) >= 11 is 1.44. The first-order chi connectivity index (χ1) is 14.3. The van der Waals surface area contributed by atoms with E-state index in [9.17, 15) is 18.0 Å². The van der Waals surface area contributed by atoms with Gasteiger partial charge in [-0.2, -0.15) is 13.2 Å². The number of Topliss-reactive ketones (excluding diaryl/α,β-unsaturated/α-hetero) is 1. The van der Waals surface area contributed by atoms with Gasteiger partial charge in [-0.15, -0.1) is 11.3 Å². The molecule has 9 heteroatoms. The van der Waals surface area contributed by atoms with Gasteiger partial charge in [0.15, 0.2) is 6.61 Å². The molecule has 3 aromatic heterocycles. The number of benzene rings is 1. The Balaban J connectivity index is 1.60. The number of hydrogen-bond acceptors (Lipinski definition) is 5. The van der Waals surface area contributed by atoms with Gasteiger partial charge in [-0.05, 0) is 49.6 Å². The fraction of sp³-hybridized carbons (Fsp3) is 0.190. The monoisotopic (exact) mass is 431 g/mol. The Bertz CT molecular complexity index is 1240. The molecular formula is C21H16F3N3O2S. The van der Waals surface area contributed by atoms with Gasteiger partial charge in [-0.1, -0.05) is 6.07 Å². The lowest BCUT2D eigenvalue weighted by Gasteiger charge is -2.13. The fourth-order valence-electron chi connectivity index (χ4n) is 3.36. The molecule has 0 saturated heterocycles. The summed E-state index contributed by atoms with van der Waals surface area (Å²) in [6.07, 6.45) is -3.07. The molecule has 4 rings (SSSR count). The first-order valence-corrected chi connectivity index (χ1v) is 9.84. The third kappa shape index (κ3) is 3.68. The molecule has 0 spiro atoms. The summed E-state index contributed by atoms with van der Waals surface area (Å²) in [4.78, 5) is 21.7. The predicted molar refractivity (Wildman–Crippen MR) is 107 cm³/mol. The minimum Gasteiger partial charge on any atom is -0.469 e. The molecule has 0 aliphatic carbocycles. The van der Waals surface area contributed by atoms with Gasteiger partial charge in [0.2, 0.25) is 11.7 Å². The van der Waals surface area contributed by atoms with Gasteiger partial charge >= 0.3 is 6.18 Å². The van der Waals surface area contributed by atoms with Crippen LogP contribution in [0.3, 0.4) is 0 Å². The fourth-order valence-corrected chi connectivity index (χ4v) is 4.08. The number of hydrogen-bond donors (Lipinski definition) is 0. The molecule has 0 bridgehead atoms. The molecule has 0 aliphatic rings. The van der Waals surface area contributed by atoms with Crippen molar-refractivity contribution in [2.75, 3.05) is 6.61 Å². The lowest BCUT2D eigenvalue weighted by Crippen LogP contribution is -2.13. The second kappa shape index (κ2) is 7.56. The normalized spacial score (nSPS) is 11.8. The average Bonchev–Trinajstić information content (AvgIpc) is 3.30. The lowest BCUT2D eigenvalue weighted by molar-refractivity contribution is -0.137. The molecule has 30 heavy (non-hydrogen) atoms. The molecule has 0 N–H and O–H groups in total. The van der Waals surface area contributed by atoms with Crippen molar-refractivity contribution in [1.82, 2.24) is 14.5 Å². The predicted octanol–water partition coefficient (Wildman–Crippen LogP) is 5.38. The Labute approximate surface area is 173 Å². The number of fused-ring (bicyclic) bond motifs is 1. The first kappa shape index (κ1) is 20.1. The number of carbonyl (C=O) groups is 1. The number of carbonyl (C=O) groups excluding carboxylic acids is 1.